The molecule has 1 amide bonds. The second-order valence-electron chi connectivity index (χ2n) is 6.68. The van der Waals surface area contributed by atoms with Gasteiger partial charge < -0.3 is 16.0 Å². The molecule has 1 fully saturated rings. The zero-order valence-electron chi connectivity index (χ0n) is 13.7. The number of piperidine rings is 1. The van der Waals surface area contributed by atoms with Crippen LogP contribution >= 0.6 is 0 Å². The molecule has 1 saturated heterocycles. The van der Waals surface area contributed by atoms with E-state index in [1.54, 1.807) is 18.3 Å². The largest absolute Gasteiger partial charge is 0.384 e. The zero-order valence-corrected chi connectivity index (χ0v) is 13.7. The Morgan fingerprint density at radius 2 is 2.36 bits per heavy atom. The number of nitrogens with two attached hydrogens (primary N) is 1. The van der Waals surface area contributed by atoms with Crippen molar-refractivity contribution in [2.45, 2.75) is 33.1 Å². The number of amides is 1. The number of nitrogens with zero attached hydrogens (tertiary/aromatic N) is 2. The summed E-state index contributed by atoms with van der Waals surface area (Å²) in [5, 5.41) is 2.99. The third-order valence-corrected chi connectivity index (χ3v) is 4.11. The number of aromatic nitrogens is 1. The average Bonchev–Trinajstić information content (AvgIpc) is 2.47. The van der Waals surface area contributed by atoms with Gasteiger partial charge in [-0.05, 0) is 49.8 Å². The lowest BCUT2D eigenvalue weighted by molar-refractivity contribution is 0.0946. The van der Waals surface area contributed by atoms with E-state index in [2.05, 4.69) is 29.0 Å². The molecular weight excluding hydrogens is 276 g/mol. The summed E-state index contributed by atoms with van der Waals surface area (Å²) in [7, 11) is 0. The van der Waals surface area contributed by atoms with E-state index in [1.807, 2.05) is 0 Å². The molecule has 0 aliphatic carbocycles. The highest BCUT2D eigenvalue weighted by atomic mass is 16.1. The van der Waals surface area contributed by atoms with E-state index in [4.69, 9.17) is 5.73 Å². The second-order valence-corrected chi connectivity index (χ2v) is 6.68. The van der Waals surface area contributed by atoms with Crippen LogP contribution in [-0.4, -0.2) is 42.0 Å². The van der Waals surface area contributed by atoms with Crippen molar-refractivity contribution in [2.24, 2.45) is 11.8 Å². The van der Waals surface area contributed by atoms with Crippen LogP contribution in [0.25, 0.3) is 0 Å². The molecule has 1 aliphatic heterocycles. The van der Waals surface area contributed by atoms with E-state index >= 15 is 0 Å². The molecule has 2 heterocycles. The minimum Gasteiger partial charge on any atom is -0.384 e. The van der Waals surface area contributed by atoms with Crippen molar-refractivity contribution in [1.82, 2.24) is 15.2 Å². The van der Waals surface area contributed by atoms with Crippen LogP contribution < -0.4 is 11.1 Å². The Morgan fingerprint density at radius 3 is 3.09 bits per heavy atom. The molecular formula is C17H28N4O. The van der Waals surface area contributed by atoms with Crippen LogP contribution in [0.2, 0.25) is 0 Å². The Bertz CT molecular complexity index is 489. The number of carbonyl (C=O) groups is 1. The van der Waals surface area contributed by atoms with Gasteiger partial charge in [-0.1, -0.05) is 13.8 Å². The zero-order chi connectivity index (χ0) is 15.9. The van der Waals surface area contributed by atoms with E-state index in [1.165, 1.54) is 25.9 Å². The van der Waals surface area contributed by atoms with Crippen LogP contribution in [0, 0.1) is 11.8 Å². The van der Waals surface area contributed by atoms with Crippen LogP contribution in [-0.2, 0) is 0 Å². The van der Waals surface area contributed by atoms with Crippen LogP contribution in [0.15, 0.2) is 18.3 Å². The molecule has 1 aliphatic rings. The summed E-state index contributed by atoms with van der Waals surface area (Å²) < 4.78 is 0. The molecule has 0 unspecified atom stereocenters. The number of anilines is 1. The van der Waals surface area contributed by atoms with Gasteiger partial charge in [-0.2, -0.15) is 0 Å². The van der Waals surface area contributed by atoms with Crippen molar-refractivity contribution in [3.63, 3.8) is 0 Å². The highest BCUT2D eigenvalue weighted by Gasteiger charge is 2.20. The first-order valence-electron chi connectivity index (χ1n) is 8.26. The van der Waals surface area contributed by atoms with Crippen molar-refractivity contribution in [3.05, 3.63) is 23.9 Å². The van der Waals surface area contributed by atoms with E-state index in [0.717, 1.165) is 25.4 Å². The lowest BCUT2D eigenvalue weighted by atomic mass is 9.94. The van der Waals surface area contributed by atoms with E-state index in [9.17, 15) is 4.79 Å². The molecule has 0 bridgehead atoms. The third kappa shape index (κ3) is 5.30. The fraction of sp³-hybridized carbons (Fsp3) is 0.647. The monoisotopic (exact) mass is 304 g/mol. The molecule has 0 radical (unpaired) electrons. The number of pyridine rings is 1. The van der Waals surface area contributed by atoms with Crippen molar-refractivity contribution in [1.29, 1.82) is 0 Å². The highest BCUT2D eigenvalue weighted by Crippen LogP contribution is 2.20. The number of nitrogen functional groups attached to an aromatic ring is 1. The van der Waals surface area contributed by atoms with Gasteiger partial charge in [0.25, 0.3) is 5.91 Å². The molecule has 1 atom stereocenters. The van der Waals surface area contributed by atoms with Crippen molar-refractivity contribution >= 4 is 11.7 Å². The summed E-state index contributed by atoms with van der Waals surface area (Å²) >= 11 is 0. The van der Waals surface area contributed by atoms with Gasteiger partial charge in [0.2, 0.25) is 0 Å². The van der Waals surface area contributed by atoms with Gasteiger partial charge in [-0.25, -0.2) is 4.98 Å². The van der Waals surface area contributed by atoms with E-state index in [-0.39, 0.29) is 5.91 Å². The maximum Gasteiger partial charge on any atom is 0.251 e. The Balaban J connectivity index is 1.73. The van der Waals surface area contributed by atoms with Crippen LogP contribution in [0.3, 0.4) is 0 Å². The van der Waals surface area contributed by atoms with Gasteiger partial charge in [0.15, 0.2) is 0 Å². The smallest absolute Gasteiger partial charge is 0.251 e. The molecule has 5 nitrogen and oxygen atoms in total. The Kier molecular flexibility index (Phi) is 6.19. The average molecular weight is 304 g/mol. The maximum atomic E-state index is 12.0. The molecule has 1 aromatic rings. The first-order chi connectivity index (χ1) is 10.5. The Labute approximate surface area is 133 Å². The summed E-state index contributed by atoms with van der Waals surface area (Å²) in [5.41, 5.74) is 6.18. The lowest BCUT2D eigenvalue weighted by Gasteiger charge is -2.33. The van der Waals surface area contributed by atoms with Crippen molar-refractivity contribution in [2.75, 3.05) is 31.9 Å². The molecule has 0 saturated carbocycles. The third-order valence-electron chi connectivity index (χ3n) is 4.11. The lowest BCUT2D eigenvalue weighted by Crippen LogP contribution is -2.39. The maximum absolute atomic E-state index is 12.0. The molecule has 22 heavy (non-hydrogen) atoms. The minimum absolute atomic E-state index is 0.0658. The number of nitrogens with one attached hydrogen (secondary N) is 1. The van der Waals surface area contributed by atoms with Crippen molar-refractivity contribution < 1.29 is 4.79 Å². The summed E-state index contributed by atoms with van der Waals surface area (Å²) in [6, 6.07) is 3.30. The molecule has 0 aromatic carbocycles. The summed E-state index contributed by atoms with van der Waals surface area (Å²) in [5.74, 6) is 1.72. The fourth-order valence-electron chi connectivity index (χ4n) is 3.15. The van der Waals surface area contributed by atoms with E-state index in [0.29, 0.717) is 17.3 Å². The minimum atomic E-state index is -0.0658. The first kappa shape index (κ1) is 16.7. The highest BCUT2D eigenvalue weighted by molar-refractivity contribution is 5.94. The standard InChI is InChI=1S/C17H28N4O/c1-13(2)11-21-9-3-4-14(12-21)5-7-20-17(22)15-6-8-19-16(18)10-15/h6,8,10,13-14H,3-5,7,9,11-12H2,1-2H3,(H2,18,19)(H,20,22)/t14-/m1/s1. The number of likely N-dealkylation sites (tertiary alicyclic amines) is 1. The second kappa shape index (κ2) is 8.13. The van der Waals surface area contributed by atoms with Crippen LogP contribution in [0.5, 0.6) is 0 Å². The molecule has 2 rings (SSSR count). The fourth-order valence-corrected chi connectivity index (χ4v) is 3.15. The van der Waals surface area contributed by atoms with Crippen LogP contribution in [0.1, 0.15) is 43.5 Å². The number of rotatable bonds is 6. The first-order valence-corrected chi connectivity index (χ1v) is 8.26. The van der Waals surface area contributed by atoms with Crippen molar-refractivity contribution in [3.8, 4) is 0 Å². The van der Waals surface area contributed by atoms with Crippen LogP contribution in [0.4, 0.5) is 5.82 Å². The predicted molar refractivity (Wildman–Crippen MR) is 89.6 cm³/mol. The Morgan fingerprint density at radius 1 is 1.55 bits per heavy atom. The number of carbonyl (C=O) groups excluding carboxylic acids is 1. The summed E-state index contributed by atoms with van der Waals surface area (Å²) in [6.45, 7) is 8.82. The van der Waals surface area contributed by atoms with Gasteiger partial charge in [0, 0.05) is 31.4 Å². The van der Waals surface area contributed by atoms with Gasteiger partial charge >= 0.3 is 0 Å². The predicted octanol–water partition coefficient (Wildman–Crippen LogP) is 2.15. The quantitative estimate of drug-likeness (QED) is 0.845. The van der Waals surface area contributed by atoms with Gasteiger partial charge in [0.05, 0.1) is 0 Å². The normalized spacial score (nSPS) is 19.3. The van der Waals surface area contributed by atoms with E-state index < -0.39 is 0 Å². The van der Waals surface area contributed by atoms with Gasteiger partial charge in [-0.15, -0.1) is 0 Å². The number of hydrogen-bond donors (Lipinski definition) is 2. The SMILES string of the molecule is CC(C)CN1CCC[C@H](CCNC(=O)c2ccnc(N)c2)C1. The molecule has 5 heteroatoms. The molecule has 122 valence electrons. The molecule has 0 spiro atoms. The topological polar surface area (TPSA) is 71.2 Å². The van der Waals surface area contributed by atoms with Gasteiger partial charge in [-0.3, -0.25) is 4.79 Å². The van der Waals surface area contributed by atoms with Gasteiger partial charge in [0.1, 0.15) is 5.82 Å². The Hall–Kier alpha value is -1.62. The molecule has 3 N–H and O–H groups in total. The summed E-state index contributed by atoms with van der Waals surface area (Å²) in [6.07, 6.45) is 5.15. The molecule has 1 aromatic heterocycles. The summed E-state index contributed by atoms with van der Waals surface area (Å²) in [4.78, 5) is 18.5. The number of hydrogen-bond acceptors (Lipinski definition) is 4.